The molecule has 0 atom stereocenters. The fourth-order valence-corrected chi connectivity index (χ4v) is 4.92. The van der Waals surface area contributed by atoms with E-state index in [0.717, 1.165) is 5.69 Å². The maximum absolute atomic E-state index is 6.03. The Morgan fingerprint density at radius 1 is 0.760 bits per heavy atom. The third-order valence-corrected chi connectivity index (χ3v) is 6.31. The summed E-state index contributed by atoms with van der Waals surface area (Å²) in [6.07, 6.45) is 0. The Bertz CT molecular complexity index is 817. The van der Waals surface area contributed by atoms with Gasteiger partial charge in [-0.25, -0.2) is 5.32 Å². The molecule has 126 valence electrons. The number of hydrogen-bond donors (Lipinski definition) is 2. The van der Waals surface area contributed by atoms with Gasteiger partial charge in [0.1, 0.15) is 0 Å². The minimum Gasteiger partial charge on any atom is -0.290 e. The summed E-state index contributed by atoms with van der Waals surface area (Å²) in [7, 11) is 3.24. The van der Waals surface area contributed by atoms with Gasteiger partial charge in [0, 0.05) is 0 Å². The topological polar surface area (TPSA) is 41.1 Å². The molecule has 0 heterocycles. The normalized spacial score (nSPS) is 10.5. The van der Waals surface area contributed by atoms with Crippen molar-refractivity contribution in [3.8, 4) is 0 Å². The highest BCUT2D eigenvalue weighted by Gasteiger charge is 2.17. The summed E-state index contributed by atoms with van der Waals surface area (Å²) in [5.74, 6) is 0.626. The zero-order valence-corrected chi connectivity index (χ0v) is 15.4. The van der Waals surface area contributed by atoms with Crippen LogP contribution in [0.2, 0.25) is 0 Å². The quantitative estimate of drug-likeness (QED) is 0.329. The fourth-order valence-electron chi connectivity index (χ4n) is 2.58. The molecule has 25 heavy (non-hydrogen) atoms. The Labute approximate surface area is 150 Å². The summed E-state index contributed by atoms with van der Waals surface area (Å²) in [6, 6.07) is 29.9. The van der Waals surface area contributed by atoms with Crippen molar-refractivity contribution in [1.82, 2.24) is 0 Å². The van der Waals surface area contributed by atoms with Crippen LogP contribution in [0.1, 0.15) is 0 Å². The van der Waals surface area contributed by atoms with Crippen LogP contribution in [0.3, 0.4) is 0 Å². The standard InChI is InChI=1S/C21H22N3P/c1-24(2)21(22)23-17-10-9-15-20(16-17)25(18-11-5-3-6-12-18)19-13-7-4-8-14-19/h3-16H,1-2H3,(H2,22,23)/p+1. The van der Waals surface area contributed by atoms with Crippen LogP contribution in [0.4, 0.5) is 5.69 Å². The number of nitrogens with zero attached hydrogens (tertiary/aromatic N) is 1. The van der Waals surface area contributed by atoms with Gasteiger partial charge in [-0.15, -0.1) is 0 Å². The van der Waals surface area contributed by atoms with Gasteiger partial charge in [0.15, 0.2) is 0 Å². The van der Waals surface area contributed by atoms with Crippen LogP contribution in [0.25, 0.3) is 0 Å². The number of benzene rings is 3. The first kappa shape index (κ1) is 17.2. The van der Waals surface area contributed by atoms with Crippen molar-refractivity contribution in [2.75, 3.05) is 19.4 Å². The first-order valence-corrected chi connectivity index (χ1v) is 9.56. The van der Waals surface area contributed by atoms with Gasteiger partial charge < -0.3 is 0 Å². The molecule has 0 aliphatic rings. The molecule has 0 unspecified atom stereocenters. The van der Waals surface area contributed by atoms with Crippen LogP contribution in [-0.4, -0.2) is 24.6 Å². The molecule has 3 aromatic rings. The van der Waals surface area contributed by atoms with Crippen molar-refractivity contribution in [3.63, 3.8) is 0 Å². The molecule has 0 spiro atoms. The number of anilines is 1. The van der Waals surface area contributed by atoms with Crippen LogP contribution in [0, 0.1) is 0 Å². The number of nitrogens with two attached hydrogens (primary N) is 1. The maximum Gasteiger partial charge on any atom is 0.347 e. The monoisotopic (exact) mass is 348 g/mol. The molecule has 0 amide bonds. The highest BCUT2D eigenvalue weighted by atomic mass is 31.1. The lowest BCUT2D eigenvalue weighted by molar-refractivity contribution is -0.465. The molecule has 0 aromatic heterocycles. The highest BCUT2D eigenvalue weighted by molar-refractivity contribution is 7.79. The predicted octanol–water partition coefficient (Wildman–Crippen LogP) is 2.44. The second-order valence-corrected chi connectivity index (χ2v) is 8.18. The summed E-state index contributed by atoms with van der Waals surface area (Å²) in [5.41, 5.74) is 7.04. The Hall–Kier alpha value is -2.64. The molecule has 0 radical (unpaired) electrons. The van der Waals surface area contributed by atoms with Gasteiger partial charge in [0.05, 0.1) is 19.8 Å². The van der Waals surface area contributed by atoms with Crippen LogP contribution >= 0.6 is 7.92 Å². The third kappa shape index (κ3) is 4.26. The van der Waals surface area contributed by atoms with Gasteiger partial charge in [0.25, 0.3) is 0 Å². The van der Waals surface area contributed by atoms with Crippen LogP contribution < -0.4 is 27.0 Å². The van der Waals surface area contributed by atoms with Crippen LogP contribution in [-0.2, 0) is 0 Å². The Morgan fingerprint density at radius 2 is 1.28 bits per heavy atom. The smallest absolute Gasteiger partial charge is 0.290 e. The first-order chi connectivity index (χ1) is 12.1. The van der Waals surface area contributed by atoms with E-state index in [4.69, 9.17) is 5.73 Å². The average Bonchev–Trinajstić information content (AvgIpc) is 2.64. The first-order valence-electron chi connectivity index (χ1n) is 8.22. The van der Waals surface area contributed by atoms with Crippen molar-refractivity contribution < 1.29 is 4.58 Å². The Morgan fingerprint density at radius 3 is 1.80 bits per heavy atom. The Balaban J connectivity index is 2.04. The molecule has 4 heteroatoms. The lowest BCUT2D eigenvalue weighted by Crippen LogP contribution is -2.31. The van der Waals surface area contributed by atoms with E-state index in [-0.39, 0.29) is 0 Å². The number of nitrogens with one attached hydrogen (secondary N) is 1. The average molecular weight is 348 g/mol. The molecule has 3 aromatic carbocycles. The second kappa shape index (κ2) is 7.96. The summed E-state index contributed by atoms with van der Waals surface area (Å²) >= 11 is 0. The molecule has 3 N–H and O–H groups in total. The van der Waals surface area contributed by atoms with E-state index >= 15 is 0 Å². The van der Waals surface area contributed by atoms with Crippen molar-refractivity contribution in [1.29, 1.82) is 0 Å². The SMILES string of the molecule is C[N+](C)=C(N)Nc1cccc(P(c2ccccc2)c2ccccc2)c1. The molecular weight excluding hydrogens is 325 g/mol. The molecule has 0 fully saturated rings. The molecular formula is C21H23N3P+. The number of hydrogen-bond acceptors (Lipinski definition) is 0. The van der Waals surface area contributed by atoms with Gasteiger partial charge in [-0.2, -0.15) is 0 Å². The molecule has 0 aliphatic carbocycles. The van der Waals surface area contributed by atoms with E-state index in [0.29, 0.717) is 5.96 Å². The van der Waals surface area contributed by atoms with E-state index in [1.165, 1.54) is 15.9 Å². The van der Waals surface area contributed by atoms with Crippen LogP contribution in [0.15, 0.2) is 84.9 Å². The van der Waals surface area contributed by atoms with Gasteiger partial charge in [-0.05, 0) is 36.0 Å². The van der Waals surface area contributed by atoms with Gasteiger partial charge in [-0.3, -0.25) is 10.3 Å². The minimum absolute atomic E-state index is 0.606. The van der Waals surface area contributed by atoms with Gasteiger partial charge >= 0.3 is 5.96 Å². The zero-order chi connectivity index (χ0) is 17.6. The summed E-state index contributed by atoms with van der Waals surface area (Å²) in [6.45, 7) is 0. The van der Waals surface area contributed by atoms with Crippen molar-refractivity contribution in [2.45, 2.75) is 0 Å². The number of rotatable bonds is 4. The fraction of sp³-hybridized carbons (Fsp3) is 0.0952. The van der Waals surface area contributed by atoms with E-state index in [9.17, 15) is 0 Å². The Kier molecular flexibility index (Phi) is 5.47. The minimum atomic E-state index is -0.606. The molecule has 0 saturated heterocycles. The summed E-state index contributed by atoms with van der Waals surface area (Å²) in [4.78, 5) is 0. The highest BCUT2D eigenvalue weighted by Crippen LogP contribution is 2.33. The van der Waals surface area contributed by atoms with Gasteiger partial charge in [-0.1, -0.05) is 72.8 Å². The maximum atomic E-state index is 6.03. The molecule has 3 rings (SSSR count). The van der Waals surface area contributed by atoms with Crippen molar-refractivity contribution >= 4 is 35.5 Å². The summed E-state index contributed by atoms with van der Waals surface area (Å²) < 4.78 is 1.86. The largest absolute Gasteiger partial charge is 0.347 e. The van der Waals surface area contributed by atoms with Crippen molar-refractivity contribution in [2.24, 2.45) is 5.73 Å². The van der Waals surface area contributed by atoms with E-state index in [1.54, 1.807) is 0 Å². The lowest BCUT2D eigenvalue weighted by Gasteiger charge is -2.19. The molecule has 0 aliphatic heterocycles. The second-order valence-electron chi connectivity index (χ2n) is 5.96. The van der Waals surface area contributed by atoms with E-state index in [2.05, 4.69) is 84.2 Å². The van der Waals surface area contributed by atoms with Crippen LogP contribution in [0.5, 0.6) is 0 Å². The van der Waals surface area contributed by atoms with Crippen molar-refractivity contribution in [3.05, 3.63) is 84.9 Å². The lowest BCUT2D eigenvalue weighted by atomic mass is 10.3. The molecule has 0 bridgehead atoms. The zero-order valence-electron chi connectivity index (χ0n) is 14.6. The van der Waals surface area contributed by atoms with E-state index in [1.807, 2.05) is 24.7 Å². The molecule has 0 saturated carbocycles. The van der Waals surface area contributed by atoms with E-state index < -0.39 is 7.92 Å². The molecule has 3 nitrogen and oxygen atoms in total. The summed E-state index contributed by atoms with van der Waals surface area (Å²) in [5, 5.41) is 7.24. The predicted molar refractivity (Wildman–Crippen MR) is 110 cm³/mol. The number of guanidine groups is 1. The van der Waals surface area contributed by atoms with Gasteiger partial charge in [0.2, 0.25) is 0 Å². The third-order valence-electron chi connectivity index (χ3n) is 3.89.